The van der Waals surface area contributed by atoms with Gasteiger partial charge in [0.25, 0.3) is 0 Å². The standard InChI is InChI=1S/C22H23Cl2NO2/c1-15-16(2)22(10-5-17(15)4-3-13-26)27-14-21-20(24)11-12-25(21)19-8-6-18(23)7-9-19/h5-12,26H,3-4,13-14H2,1-2H3. The maximum absolute atomic E-state index is 9.05. The highest BCUT2D eigenvalue weighted by atomic mass is 35.5. The van der Waals surface area contributed by atoms with Gasteiger partial charge in [-0.2, -0.15) is 0 Å². The number of aromatic nitrogens is 1. The van der Waals surface area contributed by atoms with Gasteiger partial charge in [0.2, 0.25) is 0 Å². The molecule has 0 aliphatic heterocycles. The smallest absolute Gasteiger partial charge is 0.130 e. The number of aliphatic hydroxyl groups is 1. The molecule has 1 aromatic heterocycles. The second-order valence-electron chi connectivity index (χ2n) is 6.55. The van der Waals surface area contributed by atoms with E-state index >= 15 is 0 Å². The summed E-state index contributed by atoms with van der Waals surface area (Å²) in [6.07, 6.45) is 3.57. The Morgan fingerprint density at radius 1 is 0.963 bits per heavy atom. The Balaban J connectivity index is 1.80. The van der Waals surface area contributed by atoms with Crippen molar-refractivity contribution in [3.63, 3.8) is 0 Å². The molecule has 5 heteroatoms. The van der Waals surface area contributed by atoms with Gasteiger partial charge in [-0.05, 0) is 79.8 Å². The summed E-state index contributed by atoms with van der Waals surface area (Å²) >= 11 is 12.4. The maximum atomic E-state index is 9.05. The number of ether oxygens (including phenoxy) is 1. The predicted molar refractivity (Wildman–Crippen MR) is 111 cm³/mol. The Morgan fingerprint density at radius 2 is 1.70 bits per heavy atom. The Kier molecular flexibility index (Phi) is 6.48. The molecule has 0 spiro atoms. The number of nitrogens with zero attached hydrogens (tertiary/aromatic N) is 1. The molecule has 3 rings (SSSR count). The first-order valence-corrected chi connectivity index (χ1v) is 9.71. The fourth-order valence-electron chi connectivity index (χ4n) is 3.12. The molecule has 0 fully saturated rings. The first kappa shape index (κ1) is 19.8. The average Bonchev–Trinajstić information content (AvgIpc) is 3.03. The lowest BCUT2D eigenvalue weighted by atomic mass is 9.99. The molecule has 0 atom stereocenters. The molecule has 3 aromatic rings. The molecule has 1 N–H and O–H groups in total. The van der Waals surface area contributed by atoms with Crippen molar-refractivity contribution in [3.05, 3.63) is 81.1 Å². The van der Waals surface area contributed by atoms with Crippen LogP contribution in [-0.4, -0.2) is 16.3 Å². The van der Waals surface area contributed by atoms with Crippen LogP contribution in [0.4, 0.5) is 0 Å². The van der Waals surface area contributed by atoms with Crippen molar-refractivity contribution in [1.82, 2.24) is 4.57 Å². The fourth-order valence-corrected chi connectivity index (χ4v) is 3.45. The Hall–Kier alpha value is -1.94. The third-order valence-electron chi connectivity index (χ3n) is 4.86. The third-order valence-corrected chi connectivity index (χ3v) is 5.46. The Labute approximate surface area is 170 Å². The zero-order chi connectivity index (χ0) is 19.4. The van der Waals surface area contributed by atoms with E-state index < -0.39 is 0 Å². The van der Waals surface area contributed by atoms with Crippen molar-refractivity contribution >= 4 is 23.2 Å². The van der Waals surface area contributed by atoms with Crippen LogP contribution in [0.1, 0.15) is 28.8 Å². The lowest BCUT2D eigenvalue weighted by Crippen LogP contribution is -2.06. The number of benzene rings is 2. The molecule has 0 saturated carbocycles. The van der Waals surface area contributed by atoms with Crippen molar-refractivity contribution in [1.29, 1.82) is 0 Å². The Bertz CT molecular complexity index is 917. The largest absolute Gasteiger partial charge is 0.487 e. The summed E-state index contributed by atoms with van der Waals surface area (Å²) in [5.41, 5.74) is 5.44. The number of aryl methyl sites for hydroxylation is 1. The zero-order valence-electron chi connectivity index (χ0n) is 15.5. The molecule has 0 bridgehead atoms. The number of aliphatic hydroxyl groups excluding tert-OH is 1. The molecule has 27 heavy (non-hydrogen) atoms. The quantitative estimate of drug-likeness (QED) is 0.532. The van der Waals surface area contributed by atoms with E-state index in [-0.39, 0.29) is 6.61 Å². The van der Waals surface area contributed by atoms with Crippen molar-refractivity contribution in [2.75, 3.05) is 6.61 Å². The lowest BCUT2D eigenvalue weighted by Gasteiger charge is -2.16. The van der Waals surface area contributed by atoms with Crippen LogP contribution in [0.15, 0.2) is 48.7 Å². The molecule has 0 aliphatic rings. The van der Waals surface area contributed by atoms with Crippen molar-refractivity contribution < 1.29 is 9.84 Å². The van der Waals surface area contributed by atoms with Gasteiger partial charge in [-0.3, -0.25) is 0 Å². The summed E-state index contributed by atoms with van der Waals surface area (Å²) in [6, 6.07) is 13.6. The molecular formula is C22H23Cl2NO2. The van der Waals surface area contributed by atoms with Crippen LogP contribution in [-0.2, 0) is 13.0 Å². The minimum Gasteiger partial charge on any atom is -0.487 e. The summed E-state index contributed by atoms with van der Waals surface area (Å²) in [4.78, 5) is 0. The second-order valence-corrected chi connectivity index (χ2v) is 7.39. The molecule has 0 amide bonds. The fraction of sp³-hybridized carbons (Fsp3) is 0.273. The molecule has 0 radical (unpaired) electrons. The summed E-state index contributed by atoms with van der Waals surface area (Å²) in [5, 5.41) is 10.4. The topological polar surface area (TPSA) is 34.4 Å². The van der Waals surface area contributed by atoms with Crippen LogP contribution in [0, 0.1) is 13.8 Å². The summed E-state index contributed by atoms with van der Waals surface area (Å²) < 4.78 is 8.12. The van der Waals surface area contributed by atoms with E-state index in [1.807, 2.05) is 47.2 Å². The minimum atomic E-state index is 0.205. The number of hydrogen-bond acceptors (Lipinski definition) is 2. The van der Waals surface area contributed by atoms with Crippen LogP contribution in [0.3, 0.4) is 0 Å². The first-order valence-electron chi connectivity index (χ1n) is 8.95. The highest BCUT2D eigenvalue weighted by Crippen LogP contribution is 2.28. The van der Waals surface area contributed by atoms with E-state index in [1.165, 1.54) is 11.1 Å². The Morgan fingerprint density at radius 3 is 2.41 bits per heavy atom. The second kappa shape index (κ2) is 8.83. The van der Waals surface area contributed by atoms with Gasteiger partial charge in [0.15, 0.2) is 0 Å². The van der Waals surface area contributed by atoms with Gasteiger partial charge in [0.1, 0.15) is 12.4 Å². The van der Waals surface area contributed by atoms with Crippen LogP contribution in [0.25, 0.3) is 5.69 Å². The first-order chi connectivity index (χ1) is 13.0. The molecule has 1 heterocycles. The summed E-state index contributed by atoms with van der Waals surface area (Å²) in [6.45, 7) is 4.73. The molecule has 2 aromatic carbocycles. The normalized spacial score (nSPS) is 11.0. The predicted octanol–water partition coefficient (Wildman–Crippen LogP) is 5.90. The van der Waals surface area contributed by atoms with E-state index in [9.17, 15) is 0 Å². The molecule has 142 valence electrons. The van der Waals surface area contributed by atoms with Crippen LogP contribution >= 0.6 is 23.2 Å². The zero-order valence-corrected chi connectivity index (χ0v) is 17.0. The van der Waals surface area contributed by atoms with Gasteiger partial charge in [0.05, 0.1) is 10.7 Å². The van der Waals surface area contributed by atoms with E-state index in [0.29, 0.717) is 16.7 Å². The van der Waals surface area contributed by atoms with E-state index in [2.05, 4.69) is 19.9 Å². The van der Waals surface area contributed by atoms with E-state index in [0.717, 1.165) is 35.5 Å². The van der Waals surface area contributed by atoms with Gasteiger partial charge in [-0.15, -0.1) is 0 Å². The number of halogens is 2. The highest BCUT2D eigenvalue weighted by molar-refractivity contribution is 6.31. The summed E-state index contributed by atoms with van der Waals surface area (Å²) in [7, 11) is 0. The van der Waals surface area contributed by atoms with Gasteiger partial charge in [-0.1, -0.05) is 29.3 Å². The molecule has 0 unspecified atom stereocenters. The highest BCUT2D eigenvalue weighted by Gasteiger charge is 2.12. The van der Waals surface area contributed by atoms with Crippen LogP contribution < -0.4 is 4.74 Å². The van der Waals surface area contributed by atoms with Gasteiger partial charge < -0.3 is 14.4 Å². The van der Waals surface area contributed by atoms with Crippen molar-refractivity contribution in [2.45, 2.75) is 33.3 Å². The molecule has 0 aliphatic carbocycles. The van der Waals surface area contributed by atoms with Crippen LogP contribution in [0.5, 0.6) is 5.75 Å². The van der Waals surface area contributed by atoms with Crippen LogP contribution in [0.2, 0.25) is 10.0 Å². The summed E-state index contributed by atoms with van der Waals surface area (Å²) in [5.74, 6) is 0.847. The third kappa shape index (κ3) is 4.49. The van der Waals surface area contributed by atoms with Gasteiger partial charge in [0, 0.05) is 23.5 Å². The lowest BCUT2D eigenvalue weighted by molar-refractivity contribution is 0.288. The van der Waals surface area contributed by atoms with Crippen molar-refractivity contribution in [2.24, 2.45) is 0 Å². The average molecular weight is 404 g/mol. The molecule has 3 nitrogen and oxygen atoms in total. The number of rotatable bonds is 7. The van der Waals surface area contributed by atoms with Gasteiger partial charge >= 0.3 is 0 Å². The maximum Gasteiger partial charge on any atom is 0.130 e. The van der Waals surface area contributed by atoms with E-state index in [1.54, 1.807) is 0 Å². The van der Waals surface area contributed by atoms with E-state index in [4.69, 9.17) is 33.0 Å². The minimum absolute atomic E-state index is 0.205. The molecular weight excluding hydrogens is 381 g/mol. The number of hydrogen-bond donors (Lipinski definition) is 1. The van der Waals surface area contributed by atoms with Crippen molar-refractivity contribution in [3.8, 4) is 11.4 Å². The monoisotopic (exact) mass is 403 g/mol. The van der Waals surface area contributed by atoms with Gasteiger partial charge in [-0.25, -0.2) is 0 Å². The molecule has 0 saturated heterocycles. The SMILES string of the molecule is Cc1c(CCCO)ccc(OCc2c(Cl)ccn2-c2ccc(Cl)cc2)c1C.